The Morgan fingerprint density at radius 1 is 0.323 bits per heavy atom. The molecule has 0 heterocycles. The van der Waals surface area contributed by atoms with E-state index in [0.29, 0.717) is 26.4 Å². The summed E-state index contributed by atoms with van der Waals surface area (Å²) < 4.78 is 26.7. The average Bonchev–Trinajstić information content (AvgIpc) is 3.31. The maximum absolute atomic E-state index is 6.86. The summed E-state index contributed by atoms with van der Waals surface area (Å²) in [6.45, 7) is 6.92. The molecule has 6 aromatic carbocycles. The average molecular weight is 835 g/mol. The van der Waals surface area contributed by atoms with Gasteiger partial charge in [0.1, 0.15) is 36.2 Å². The van der Waals surface area contributed by atoms with E-state index in [4.69, 9.17) is 18.9 Å². The summed E-state index contributed by atoms with van der Waals surface area (Å²) in [4.78, 5) is 0. The topological polar surface area (TPSA) is 36.9 Å². The molecule has 0 radical (unpaired) electrons. The highest BCUT2D eigenvalue weighted by molar-refractivity contribution is 6.10. The molecule has 0 N–H and O–H groups in total. The molecule has 0 saturated carbocycles. The molecule has 0 saturated heterocycles. The van der Waals surface area contributed by atoms with Crippen molar-refractivity contribution in [1.29, 1.82) is 0 Å². The second kappa shape index (κ2) is 27.2. The standard InChI is InChI=1S/C58H74O4/c1-3-5-7-9-11-13-15-17-19-27-41-59-55-39-35-49-33-37-51(61-45-47-29-23-21-24-30-47)43-53(49)57(55)58-54-44-52(62-46-48-31-25-22-26-32-48)38-34-50(54)36-40-56(58)60-42-28-20-18-16-14-12-10-8-6-4-2/h21-26,29-40,43-44H,3-20,27-28,41-42,45-46H2,1-2H3. The third-order valence-electron chi connectivity index (χ3n) is 12.2. The van der Waals surface area contributed by atoms with Crippen LogP contribution in [0.2, 0.25) is 0 Å². The molecule has 0 fully saturated rings. The van der Waals surface area contributed by atoms with Gasteiger partial charge < -0.3 is 18.9 Å². The molecule has 0 aromatic heterocycles. The molecule has 4 nitrogen and oxygen atoms in total. The first-order valence-corrected chi connectivity index (χ1v) is 24.5. The third kappa shape index (κ3) is 15.1. The van der Waals surface area contributed by atoms with Gasteiger partial charge in [0.25, 0.3) is 0 Å². The summed E-state index contributed by atoms with van der Waals surface area (Å²) in [5.41, 5.74) is 4.37. The Balaban J connectivity index is 1.28. The van der Waals surface area contributed by atoms with Crippen molar-refractivity contribution in [1.82, 2.24) is 0 Å². The lowest BCUT2D eigenvalue weighted by Gasteiger charge is -2.21. The molecule has 0 amide bonds. The van der Waals surface area contributed by atoms with E-state index < -0.39 is 0 Å². The second-order valence-electron chi connectivity index (χ2n) is 17.3. The zero-order valence-corrected chi connectivity index (χ0v) is 38.2. The Hall–Kier alpha value is -4.96. The van der Waals surface area contributed by atoms with Gasteiger partial charge in [-0.15, -0.1) is 0 Å². The quantitative estimate of drug-likeness (QED) is 0.0409. The number of rotatable bonds is 31. The highest BCUT2D eigenvalue weighted by atomic mass is 16.5. The van der Waals surface area contributed by atoms with Crippen LogP contribution in [-0.2, 0) is 13.2 Å². The van der Waals surface area contributed by atoms with Gasteiger partial charge in [-0.25, -0.2) is 0 Å². The second-order valence-corrected chi connectivity index (χ2v) is 17.3. The van der Waals surface area contributed by atoms with Crippen molar-refractivity contribution in [2.75, 3.05) is 13.2 Å². The molecule has 0 aliphatic heterocycles. The van der Waals surface area contributed by atoms with Crippen molar-refractivity contribution >= 4 is 21.5 Å². The van der Waals surface area contributed by atoms with E-state index in [-0.39, 0.29) is 0 Å². The molecule has 0 bridgehead atoms. The lowest BCUT2D eigenvalue weighted by atomic mass is 9.92. The minimum atomic E-state index is 0.500. The molecule has 0 spiro atoms. The summed E-state index contributed by atoms with van der Waals surface area (Å²) in [6.07, 6.45) is 25.8. The fraction of sp³-hybridized carbons (Fsp3) is 0.448. The van der Waals surface area contributed by atoms with Gasteiger partial charge in [0.05, 0.1) is 13.2 Å². The fourth-order valence-corrected chi connectivity index (χ4v) is 8.52. The summed E-state index contributed by atoms with van der Waals surface area (Å²) in [7, 11) is 0. The van der Waals surface area contributed by atoms with E-state index >= 15 is 0 Å². The minimum Gasteiger partial charge on any atom is -0.493 e. The number of unbranched alkanes of at least 4 members (excludes halogenated alkanes) is 18. The molecule has 0 aliphatic carbocycles. The van der Waals surface area contributed by atoms with E-state index in [1.165, 1.54) is 116 Å². The summed E-state index contributed by atoms with van der Waals surface area (Å²) in [6, 6.07) is 42.4. The maximum Gasteiger partial charge on any atom is 0.127 e. The first-order chi connectivity index (χ1) is 30.7. The monoisotopic (exact) mass is 835 g/mol. The molecule has 4 heteroatoms. The Morgan fingerprint density at radius 3 is 1.03 bits per heavy atom. The lowest BCUT2D eigenvalue weighted by molar-refractivity contribution is 0.301. The smallest absolute Gasteiger partial charge is 0.127 e. The highest BCUT2D eigenvalue weighted by Crippen LogP contribution is 2.47. The van der Waals surface area contributed by atoms with Gasteiger partial charge in [-0.05, 0) is 81.9 Å². The Bertz CT molecular complexity index is 1990. The van der Waals surface area contributed by atoms with E-state index in [2.05, 4.69) is 123 Å². The SMILES string of the molecule is CCCCCCCCCCCCOc1ccc2ccc(OCc3ccccc3)cc2c1-c1c(OCCCCCCCCCCCC)ccc2ccc(OCc3ccccc3)cc12. The van der Waals surface area contributed by atoms with Crippen molar-refractivity contribution in [2.45, 2.75) is 155 Å². The van der Waals surface area contributed by atoms with Crippen LogP contribution in [-0.4, -0.2) is 13.2 Å². The zero-order valence-electron chi connectivity index (χ0n) is 38.2. The number of hydrogen-bond acceptors (Lipinski definition) is 4. The van der Waals surface area contributed by atoms with E-state index in [0.717, 1.165) is 79.6 Å². The normalized spacial score (nSPS) is 11.3. The van der Waals surface area contributed by atoms with Crippen LogP contribution in [0.5, 0.6) is 23.0 Å². The van der Waals surface area contributed by atoms with E-state index in [9.17, 15) is 0 Å². The first-order valence-electron chi connectivity index (χ1n) is 24.5. The summed E-state index contributed by atoms with van der Waals surface area (Å²) in [5, 5.41) is 4.44. The minimum absolute atomic E-state index is 0.500. The van der Waals surface area contributed by atoms with Crippen LogP contribution >= 0.6 is 0 Å². The Labute approximate surface area is 374 Å². The van der Waals surface area contributed by atoms with Crippen molar-refractivity contribution in [3.05, 3.63) is 132 Å². The highest BCUT2D eigenvalue weighted by Gasteiger charge is 2.21. The molecule has 6 aromatic rings. The molecule has 6 rings (SSSR count). The van der Waals surface area contributed by atoms with Crippen molar-refractivity contribution in [2.24, 2.45) is 0 Å². The first kappa shape index (κ1) is 46.5. The van der Waals surface area contributed by atoms with Gasteiger partial charge in [-0.3, -0.25) is 0 Å². The van der Waals surface area contributed by atoms with Crippen LogP contribution in [0.4, 0.5) is 0 Å². The van der Waals surface area contributed by atoms with Crippen molar-refractivity contribution in [3.8, 4) is 34.1 Å². The van der Waals surface area contributed by atoms with Crippen LogP contribution in [0.3, 0.4) is 0 Å². The zero-order chi connectivity index (χ0) is 42.9. The predicted octanol–water partition coefficient (Wildman–Crippen LogP) is 17.4. The Kier molecular flexibility index (Phi) is 20.4. The van der Waals surface area contributed by atoms with E-state index in [1.54, 1.807) is 0 Å². The van der Waals surface area contributed by atoms with E-state index in [1.807, 2.05) is 12.1 Å². The maximum atomic E-state index is 6.86. The van der Waals surface area contributed by atoms with Gasteiger partial charge in [-0.2, -0.15) is 0 Å². The molecular formula is C58H74O4. The van der Waals surface area contributed by atoms with Gasteiger partial charge in [0, 0.05) is 11.1 Å². The van der Waals surface area contributed by atoms with Crippen LogP contribution in [0.15, 0.2) is 121 Å². The predicted molar refractivity (Wildman–Crippen MR) is 263 cm³/mol. The van der Waals surface area contributed by atoms with Gasteiger partial charge in [0.2, 0.25) is 0 Å². The molecule has 330 valence electrons. The fourth-order valence-electron chi connectivity index (χ4n) is 8.52. The van der Waals surface area contributed by atoms with Crippen LogP contribution in [0, 0.1) is 0 Å². The molecule has 0 unspecified atom stereocenters. The largest absolute Gasteiger partial charge is 0.493 e. The van der Waals surface area contributed by atoms with Crippen molar-refractivity contribution in [3.63, 3.8) is 0 Å². The van der Waals surface area contributed by atoms with Crippen LogP contribution in [0.1, 0.15) is 153 Å². The Morgan fingerprint density at radius 2 is 0.661 bits per heavy atom. The molecule has 0 atom stereocenters. The number of benzene rings is 6. The third-order valence-corrected chi connectivity index (χ3v) is 12.2. The number of ether oxygens (including phenoxy) is 4. The van der Waals surface area contributed by atoms with Gasteiger partial charge >= 0.3 is 0 Å². The number of hydrogen-bond donors (Lipinski definition) is 0. The molecular weight excluding hydrogens is 761 g/mol. The van der Waals surface area contributed by atoms with Crippen LogP contribution < -0.4 is 18.9 Å². The number of fused-ring (bicyclic) bond motifs is 2. The molecule has 0 aliphatic rings. The summed E-state index contributed by atoms with van der Waals surface area (Å²) >= 11 is 0. The summed E-state index contributed by atoms with van der Waals surface area (Å²) in [5.74, 6) is 3.41. The van der Waals surface area contributed by atoms with Gasteiger partial charge in [-0.1, -0.05) is 214 Å². The lowest BCUT2D eigenvalue weighted by Crippen LogP contribution is -2.03. The molecule has 62 heavy (non-hydrogen) atoms. The van der Waals surface area contributed by atoms with Gasteiger partial charge in [0.15, 0.2) is 0 Å². The van der Waals surface area contributed by atoms with Crippen molar-refractivity contribution < 1.29 is 18.9 Å². The van der Waals surface area contributed by atoms with Crippen LogP contribution in [0.25, 0.3) is 32.7 Å².